The zero-order valence-electron chi connectivity index (χ0n) is 12.5. The SMILES string of the molecule is CCOC(=O)/C1=S(\c2ccccc2)CC#CCCCOC1=O. The van der Waals surface area contributed by atoms with Crippen LogP contribution < -0.4 is 0 Å². The van der Waals surface area contributed by atoms with E-state index in [9.17, 15) is 9.59 Å². The Balaban J connectivity index is 2.54. The van der Waals surface area contributed by atoms with Gasteiger partial charge in [-0.1, -0.05) is 24.1 Å². The standard InChI is InChI=1S/C17H18O4S/c1-2-20-16(18)15-17(19)21-12-8-3-4-9-13-22(15)14-10-6-5-7-11-14/h5-7,10-11H,2-3,8,12-13H2,1H3. The highest BCUT2D eigenvalue weighted by molar-refractivity contribution is 8.18. The van der Waals surface area contributed by atoms with Crippen molar-refractivity contribution in [3.05, 3.63) is 30.3 Å². The molecular formula is C17H18O4S. The number of hydrogen-bond acceptors (Lipinski definition) is 4. The summed E-state index contributed by atoms with van der Waals surface area (Å²) in [6, 6.07) is 9.43. The van der Waals surface area contributed by atoms with Gasteiger partial charge in [-0.25, -0.2) is 9.59 Å². The van der Waals surface area contributed by atoms with E-state index >= 15 is 0 Å². The highest BCUT2D eigenvalue weighted by Gasteiger charge is 2.26. The second kappa shape index (κ2) is 8.40. The van der Waals surface area contributed by atoms with E-state index in [1.807, 2.05) is 30.3 Å². The first-order valence-corrected chi connectivity index (χ1v) is 8.56. The molecule has 0 amide bonds. The molecule has 1 unspecified atom stereocenters. The summed E-state index contributed by atoms with van der Waals surface area (Å²) in [6.45, 7) is 2.19. The van der Waals surface area contributed by atoms with Gasteiger partial charge in [0.05, 0.1) is 19.0 Å². The molecule has 0 fully saturated rings. The van der Waals surface area contributed by atoms with Gasteiger partial charge in [-0.05, 0) is 25.5 Å². The Morgan fingerprint density at radius 1 is 1.32 bits per heavy atom. The number of ether oxygens (including phenoxy) is 2. The molecule has 0 aliphatic carbocycles. The van der Waals surface area contributed by atoms with E-state index in [1.165, 1.54) is 0 Å². The van der Waals surface area contributed by atoms with Crippen LogP contribution in [0.1, 0.15) is 19.8 Å². The minimum atomic E-state index is -0.761. The number of hydrogen-bond donors (Lipinski definition) is 0. The smallest absolute Gasteiger partial charge is 0.351 e. The largest absolute Gasteiger partial charge is 0.462 e. The average Bonchev–Trinajstić information content (AvgIpc) is 2.54. The van der Waals surface area contributed by atoms with Crippen LogP contribution in [0, 0.1) is 11.8 Å². The predicted molar refractivity (Wildman–Crippen MR) is 86.8 cm³/mol. The van der Waals surface area contributed by atoms with Crippen LogP contribution in [-0.2, 0) is 19.1 Å². The zero-order valence-corrected chi connectivity index (χ0v) is 13.3. The summed E-state index contributed by atoms with van der Waals surface area (Å²) in [6.07, 6.45) is 1.36. The molecule has 2 rings (SSSR count). The van der Waals surface area contributed by atoms with Crippen molar-refractivity contribution in [2.75, 3.05) is 19.0 Å². The van der Waals surface area contributed by atoms with Gasteiger partial charge in [0.25, 0.3) is 0 Å². The van der Waals surface area contributed by atoms with Gasteiger partial charge < -0.3 is 9.47 Å². The van der Waals surface area contributed by atoms with Crippen LogP contribution in [0.15, 0.2) is 35.2 Å². The lowest BCUT2D eigenvalue weighted by Crippen LogP contribution is -2.29. The fourth-order valence-corrected chi connectivity index (χ4v) is 3.74. The van der Waals surface area contributed by atoms with Gasteiger partial charge in [0, 0.05) is 11.3 Å². The molecule has 0 bridgehead atoms. The van der Waals surface area contributed by atoms with Crippen molar-refractivity contribution in [3.8, 4) is 11.8 Å². The Labute approximate surface area is 132 Å². The number of cyclic esters (lactones) is 1. The summed E-state index contributed by atoms with van der Waals surface area (Å²) in [5.41, 5.74) is 0. The van der Waals surface area contributed by atoms with Crippen LogP contribution in [0.3, 0.4) is 0 Å². The molecule has 1 aliphatic heterocycles. The lowest BCUT2D eigenvalue weighted by molar-refractivity contribution is -0.140. The van der Waals surface area contributed by atoms with Crippen LogP contribution in [-0.4, -0.2) is 35.8 Å². The lowest BCUT2D eigenvalue weighted by atomic mass is 10.3. The van der Waals surface area contributed by atoms with Crippen LogP contribution >= 0.6 is 10.5 Å². The first-order chi connectivity index (χ1) is 10.7. The highest BCUT2D eigenvalue weighted by atomic mass is 32.2. The molecule has 0 radical (unpaired) electrons. The van der Waals surface area contributed by atoms with Crippen molar-refractivity contribution < 1.29 is 19.1 Å². The fourth-order valence-electron chi connectivity index (χ4n) is 1.94. The van der Waals surface area contributed by atoms with Crippen LogP contribution in [0.2, 0.25) is 0 Å². The molecular weight excluding hydrogens is 300 g/mol. The number of benzene rings is 1. The first-order valence-electron chi connectivity index (χ1n) is 7.17. The molecule has 1 atom stereocenters. The second-order valence-corrected chi connectivity index (χ2v) is 6.44. The van der Waals surface area contributed by atoms with E-state index < -0.39 is 22.4 Å². The van der Waals surface area contributed by atoms with Crippen molar-refractivity contribution in [3.63, 3.8) is 0 Å². The number of carbonyl (C=O) groups excluding carboxylic acids is 2. The Morgan fingerprint density at radius 3 is 2.82 bits per heavy atom. The maximum Gasteiger partial charge on any atom is 0.351 e. The van der Waals surface area contributed by atoms with E-state index in [1.54, 1.807) is 6.92 Å². The highest BCUT2D eigenvalue weighted by Crippen LogP contribution is 2.29. The van der Waals surface area contributed by atoms with E-state index in [0.717, 1.165) is 4.90 Å². The summed E-state index contributed by atoms with van der Waals surface area (Å²) >= 11 is 0. The van der Waals surface area contributed by atoms with Crippen molar-refractivity contribution in [1.29, 1.82) is 0 Å². The number of carbonyl (C=O) groups is 2. The van der Waals surface area contributed by atoms with Crippen molar-refractivity contribution in [1.82, 2.24) is 0 Å². The van der Waals surface area contributed by atoms with Crippen LogP contribution in [0.4, 0.5) is 0 Å². The molecule has 1 aromatic rings. The summed E-state index contributed by atoms with van der Waals surface area (Å²) < 4.78 is 10.3. The van der Waals surface area contributed by atoms with E-state index in [4.69, 9.17) is 9.47 Å². The van der Waals surface area contributed by atoms with Gasteiger partial charge >= 0.3 is 11.9 Å². The maximum absolute atomic E-state index is 12.3. The first kappa shape index (κ1) is 16.3. The third-order valence-corrected chi connectivity index (χ3v) is 5.04. The van der Waals surface area contributed by atoms with Crippen molar-refractivity contribution in [2.45, 2.75) is 24.7 Å². The molecule has 116 valence electrons. The molecule has 0 saturated heterocycles. The fraction of sp³-hybridized carbons (Fsp3) is 0.353. The molecule has 1 heterocycles. The average molecular weight is 318 g/mol. The molecule has 0 N–H and O–H groups in total. The molecule has 0 spiro atoms. The molecule has 0 saturated carbocycles. The molecule has 1 aromatic carbocycles. The van der Waals surface area contributed by atoms with Gasteiger partial charge in [0.1, 0.15) is 0 Å². The Hall–Kier alpha value is -2.06. The summed E-state index contributed by atoms with van der Waals surface area (Å²) in [5, 5.41) is 0. The van der Waals surface area contributed by atoms with E-state index in [0.29, 0.717) is 18.6 Å². The van der Waals surface area contributed by atoms with Crippen molar-refractivity contribution in [2.24, 2.45) is 0 Å². The van der Waals surface area contributed by atoms with E-state index in [2.05, 4.69) is 11.8 Å². The molecule has 0 aromatic heterocycles. The summed E-state index contributed by atoms with van der Waals surface area (Å²) in [4.78, 5) is 25.5. The molecule has 5 heteroatoms. The molecule has 1 aliphatic rings. The van der Waals surface area contributed by atoms with Gasteiger partial charge in [-0.15, -0.1) is 16.4 Å². The normalized spacial score (nSPS) is 20.3. The van der Waals surface area contributed by atoms with Gasteiger partial charge in [0.15, 0.2) is 4.86 Å². The number of rotatable bonds is 3. The Kier molecular flexibility index (Phi) is 6.23. The Bertz CT molecular complexity index is 638. The van der Waals surface area contributed by atoms with Crippen molar-refractivity contribution >= 4 is 27.3 Å². The van der Waals surface area contributed by atoms with Gasteiger partial charge in [0.2, 0.25) is 0 Å². The van der Waals surface area contributed by atoms with Gasteiger partial charge in [-0.3, -0.25) is 0 Å². The third-order valence-electron chi connectivity index (χ3n) is 2.94. The molecule has 22 heavy (non-hydrogen) atoms. The van der Waals surface area contributed by atoms with Gasteiger partial charge in [-0.2, -0.15) is 0 Å². The topological polar surface area (TPSA) is 52.6 Å². The van der Waals surface area contributed by atoms with Crippen LogP contribution in [0.5, 0.6) is 0 Å². The second-order valence-electron chi connectivity index (χ2n) is 4.49. The number of esters is 2. The summed E-state index contributed by atoms with van der Waals surface area (Å²) in [7, 11) is -0.761. The minimum Gasteiger partial charge on any atom is -0.462 e. The maximum atomic E-state index is 12.3. The third kappa shape index (κ3) is 4.22. The minimum absolute atomic E-state index is 0.0595. The predicted octanol–water partition coefficient (Wildman–Crippen LogP) is 2.39. The monoisotopic (exact) mass is 318 g/mol. The van der Waals surface area contributed by atoms with Crippen LogP contribution in [0.25, 0.3) is 0 Å². The Morgan fingerprint density at radius 2 is 2.09 bits per heavy atom. The lowest BCUT2D eigenvalue weighted by Gasteiger charge is -2.14. The molecule has 4 nitrogen and oxygen atoms in total. The van der Waals surface area contributed by atoms with E-state index in [-0.39, 0.29) is 18.1 Å². The zero-order chi connectivity index (χ0) is 15.8. The summed E-state index contributed by atoms with van der Waals surface area (Å²) in [5.74, 6) is 5.36. The quantitative estimate of drug-likeness (QED) is 0.488.